The zero-order valence-electron chi connectivity index (χ0n) is 19.2. The summed E-state index contributed by atoms with van der Waals surface area (Å²) in [7, 11) is 1.85. The standard InChI is InChI=1S/C20H23N4O3.CH4O4S/c1-20(2)17-12-15(24(25)26)8-11-18(17)22(3)19(20)13-21-23(4)14-6-9-16(27-5)10-7-14;1-5-6(2,3)4/h6-13H,1-5H3;1H3,(H,2,3,4)/q+1;/p-1. The molecule has 178 valence electrons. The number of methoxy groups -OCH3 is 1. The van der Waals surface area contributed by atoms with E-state index in [1.807, 2.05) is 63.0 Å². The molecule has 0 saturated heterocycles. The fraction of sp³-hybridized carbons (Fsp3) is 0.333. The number of nitro groups is 1. The fourth-order valence-corrected chi connectivity index (χ4v) is 3.37. The number of non-ortho nitro benzene ring substituents is 1. The molecule has 0 saturated carbocycles. The van der Waals surface area contributed by atoms with Crippen molar-refractivity contribution in [2.24, 2.45) is 5.10 Å². The van der Waals surface area contributed by atoms with Crippen LogP contribution in [0.4, 0.5) is 17.1 Å². The van der Waals surface area contributed by atoms with Gasteiger partial charge in [-0.25, -0.2) is 8.42 Å². The van der Waals surface area contributed by atoms with Gasteiger partial charge in [0.2, 0.25) is 21.8 Å². The van der Waals surface area contributed by atoms with Gasteiger partial charge in [0.25, 0.3) is 5.69 Å². The van der Waals surface area contributed by atoms with Crippen molar-refractivity contribution in [1.29, 1.82) is 0 Å². The molecule has 0 aromatic heterocycles. The molecule has 1 aliphatic heterocycles. The Morgan fingerprint density at radius 2 is 1.73 bits per heavy atom. The normalized spacial score (nSPS) is 14.5. The van der Waals surface area contributed by atoms with Crippen LogP contribution >= 0.6 is 0 Å². The van der Waals surface area contributed by atoms with E-state index in [-0.39, 0.29) is 16.0 Å². The lowest BCUT2D eigenvalue weighted by atomic mass is 9.82. The van der Waals surface area contributed by atoms with E-state index in [1.54, 1.807) is 24.3 Å². The Morgan fingerprint density at radius 3 is 2.21 bits per heavy atom. The van der Waals surface area contributed by atoms with Crippen LogP contribution in [0.1, 0.15) is 19.4 Å². The number of nitro benzene ring substituents is 1. The molecule has 33 heavy (non-hydrogen) atoms. The molecule has 12 heteroatoms. The van der Waals surface area contributed by atoms with Gasteiger partial charge in [-0.3, -0.25) is 19.3 Å². The lowest BCUT2D eigenvalue weighted by molar-refractivity contribution is -0.401. The summed E-state index contributed by atoms with van der Waals surface area (Å²) in [6.45, 7) is 4.10. The van der Waals surface area contributed by atoms with Crippen molar-refractivity contribution in [2.75, 3.05) is 33.3 Å². The van der Waals surface area contributed by atoms with E-state index in [1.165, 1.54) is 6.07 Å². The molecule has 0 radical (unpaired) electrons. The molecule has 0 atom stereocenters. The molecule has 11 nitrogen and oxygen atoms in total. The van der Waals surface area contributed by atoms with Crippen LogP contribution in [0.15, 0.2) is 47.6 Å². The lowest BCUT2D eigenvalue weighted by Crippen LogP contribution is -2.30. The number of hydrogen-bond acceptors (Lipinski definition) is 9. The Labute approximate surface area is 192 Å². The lowest BCUT2D eigenvalue weighted by Gasteiger charge is -2.16. The predicted octanol–water partition coefficient (Wildman–Crippen LogP) is 2.82. The highest BCUT2D eigenvalue weighted by Gasteiger charge is 2.44. The summed E-state index contributed by atoms with van der Waals surface area (Å²) in [6, 6.07) is 12.6. The number of hydrogen-bond donors (Lipinski definition) is 0. The molecule has 0 fully saturated rings. The Balaban J connectivity index is 0.000000569. The second-order valence-electron chi connectivity index (χ2n) is 7.57. The first-order valence-corrected chi connectivity index (χ1v) is 11.0. The summed E-state index contributed by atoms with van der Waals surface area (Å²) in [5, 5.41) is 17.5. The zero-order valence-corrected chi connectivity index (χ0v) is 20.0. The number of rotatable bonds is 6. The molecule has 0 amide bonds. The minimum Gasteiger partial charge on any atom is -0.726 e. The third kappa shape index (κ3) is 6.12. The van der Waals surface area contributed by atoms with Crippen LogP contribution in [0.25, 0.3) is 0 Å². The van der Waals surface area contributed by atoms with Gasteiger partial charge in [0.15, 0.2) is 0 Å². The molecule has 0 N–H and O–H groups in total. The highest BCUT2D eigenvalue weighted by molar-refractivity contribution is 7.80. The average molecular weight is 479 g/mol. The van der Waals surface area contributed by atoms with Gasteiger partial charge in [0.1, 0.15) is 19.0 Å². The van der Waals surface area contributed by atoms with Gasteiger partial charge >= 0.3 is 0 Å². The molecule has 0 aliphatic carbocycles. The van der Waals surface area contributed by atoms with Crippen LogP contribution in [0.5, 0.6) is 5.75 Å². The number of anilines is 1. The third-order valence-corrected chi connectivity index (χ3v) is 5.64. The predicted molar refractivity (Wildman–Crippen MR) is 124 cm³/mol. The van der Waals surface area contributed by atoms with Crippen LogP contribution in [0.2, 0.25) is 0 Å². The minimum atomic E-state index is -4.41. The summed E-state index contributed by atoms with van der Waals surface area (Å²) in [6.07, 6.45) is 1.82. The van der Waals surface area contributed by atoms with E-state index >= 15 is 0 Å². The first-order chi connectivity index (χ1) is 15.3. The van der Waals surface area contributed by atoms with Crippen molar-refractivity contribution >= 4 is 39.4 Å². The van der Waals surface area contributed by atoms with E-state index in [9.17, 15) is 23.1 Å². The molecule has 1 aliphatic rings. The topological polar surface area (TPSA) is 137 Å². The van der Waals surface area contributed by atoms with E-state index in [4.69, 9.17) is 4.74 Å². The number of hydrazone groups is 1. The molecule has 2 aromatic rings. The van der Waals surface area contributed by atoms with E-state index in [0.717, 1.165) is 35.5 Å². The second-order valence-corrected chi connectivity index (χ2v) is 8.72. The Kier molecular flexibility index (Phi) is 7.90. The average Bonchev–Trinajstić information content (AvgIpc) is 2.96. The summed E-state index contributed by atoms with van der Waals surface area (Å²) >= 11 is 0. The quantitative estimate of drug-likeness (QED) is 0.154. The van der Waals surface area contributed by atoms with Crippen LogP contribution in [-0.4, -0.2) is 62.7 Å². The van der Waals surface area contributed by atoms with Crippen LogP contribution in [-0.2, 0) is 20.0 Å². The van der Waals surface area contributed by atoms with E-state index < -0.39 is 10.4 Å². The number of ether oxygens (including phenoxy) is 1. The van der Waals surface area contributed by atoms with Gasteiger partial charge < -0.3 is 9.29 Å². The largest absolute Gasteiger partial charge is 0.726 e. The van der Waals surface area contributed by atoms with Crippen molar-refractivity contribution in [3.63, 3.8) is 0 Å². The van der Waals surface area contributed by atoms with Crippen molar-refractivity contribution in [1.82, 2.24) is 0 Å². The molecule has 0 spiro atoms. The molecule has 3 rings (SSSR count). The minimum absolute atomic E-state index is 0.101. The Hall–Kier alpha value is -3.35. The molecule has 0 unspecified atom stereocenters. The molecule has 2 aromatic carbocycles. The molecular weight excluding hydrogens is 452 g/mol. The summed E-state index contributed by atoms with van der Waals surface area (Å²) in [5.74, 6) is 0.791. The Bertz CT molecular complexity index is 1190. The zero-order chi connectivity index (χ0) is 25.0. The monoisotopic (exact) mass is 478 g/mol. The van der Waals surface area contributed by atoms with Crippen LogP contribution in [0, 0.1) is 10.1 Å². The van der Waals surface area contributed by atoms with Crippen molar-refractivity contribution in [3.05, 3.63) is 58.1 Å². The second kappa shape index (κ2) is 10.1. The Morgan fingerprint density at radius 1 is 1.15 bits per heavy atom. The maximum Gasteiger partial charge on any atom is 0.270 e. The number of benzene rings is 2. The van der Waals surface area contributed by atoms with Gasteiger partial charge in [-0.05, 0) is 38.1 Å². The molecule has 0 bridgehead atoms. The van der Waals surface area contributed by atoms with Crippen molar-refractivity contribution in [3.8, 4) is 5.75 Å². The maximum absolute atomic E-state index is 11.1. The van der Waals surface area contributed by atoms with Gasteiger partial charge in [0.05, 0.1) is 30.2 Å². The summed E-state index contributed by atoms with van der Waals surface area (Å²) in [5.41, 5.74) is 3.49. The molecule has 1 heterocycles. The van der Waals surface area contributed by atoms with Crippen LogP contribution in [0.3, 0.4) is 0 Å². The van der Waals surface area contributed by atoms with Crippen molar-refractivity contribution in [2.45, 2.75) is 19.3 Å². The smallest absolute Gasteiger partial charge is 0.270 e. The van der Waals surface area contributed by atoms with Crippen LogP contribution < -0.4 is 9.75 Å². The first kappa shape index (κ1) is 25.9. The van der Waals surface area contributed by atoms with Gasteiger partial charge in [-0.2, -0.15) is 9.68 Å². The summed E-state index contributed by atoms with van der Waals surface area (Å²) in [4.78, 5) is 10.8. The molecular formula is C21H26N4O7S. The summed E-state index contributed by atoms with van der Waals surface area (Å²) < 4.78 is 38.2. The highest BCUT2D eigenvalue weighted by atomic mass is 32.3. The maximum atomic E-state index is 11.1. The number of fused-ring (bicyclic) bond motifs is 1. The SMILES string of the molecule is COS(=O)(=O)[O-].COc1ccc(N(C)N=CC2=[N+](C)c3ccc([N+](=O)[O-])cc3C2(C)C)cc1. The fourth-order valence-electron chi connectivity index (χ4n) is 3.37. The van der Waals surface area contributed by atoms with Gasteiger partial charge in [0, 0.05) is 30.8 Å². The van der Waals surface area contributed by atoms with E-state index in [2.05, 4.69) is 9.28 Å². The number of nitrogens with zero attached hydrogens (tertiary/aromatic N) is 4. The highest BCUT2D eigenvalue weighted by Crippen LogP contribution is 2.40. The first-order valence-electron chi connectivity index (χ1n) is 9.65. The van der Waals surface area contributed by atoms with E-state index in [0.29, 0.717) is 0 Å². The third-order valence-electron chi connectivity index (χ3n) is 5.23. The van der Waals surface area contributed by atoms with Gasteiger partial charge in [-0.15, -0.1) is 0 Å². The van der Waals surface area contributed by atoms with Gasteiger partial charge in [-0.1, -0.05) is 0 Å². The van der Waals surface area contributed by atoms with Crippen molar-refractivity contribution < 1.29 is 31.4 Å².